The number of benzene rings is 1. The van der Waals surface area contributed by atoms with Gasteiger partial charge < -0.3 is 10.2 Å². The predicted octanol–water partition coefficient (Wildman–Crippen LogP) is 4.35. The minimum Gasteiger partial charge on any atom is -0.354 e. The molecule has 0 saturated carbocycles. The van der Waals surface area contributed by atoms with E-state index >= 15 is 0 Å². The van der Waals surface area contributed by atoms with E-state index in [1.165, 1.54) is 16.7 Å². The van der Waals surface area contributed by atoms with Crippen LogP contribution in [-0.2, 0) is 11.8 Å². The molecule has 0 amide bonds. The van der Waals surface area contributed by atoms with Crippen LogP contribution in [0.5, 0.6) is 0 Å². The molecule has 1 aromatic heterocycles. The third-order valence-electron chi connectivity index (χ3n) is 4.49. The van der Waals surface area contributed by atoms with Gasteiger partial charge in [0, 0.05) is 24.1 Å². The van der Waals surface area contributed by atoms with Crippen LogP contribution in [0.25, 0.3) is 0 Å². The number of aryl methyl sites for hydroxylation is 2. The van der Waals surface area contributed by atoms with Gasteiger partial charge in [-0.2, -0.15) is 0 Å². The molecule has 4 heteroatoms. The summed E-state index contributed by atoms with van der Waals surface area (Å²) in [7, 11) is 4.19. The van der Waals surface area contributed by atoms with Crippen LogP contribution in [0.1, 0.15) is 55.3 Å². The summed E-state index contributed by atoms with van der Waals surface area (Å²) >= 11 is 0. The van der Waals surface area contributed by atoms with Crippen molar-refractivity contribution >= 4 is 5.95 Å². The molecule has 0 aliphatic carbocycles. The molecule has 0 atom stereocenters. The van der Waals surface area contributed by atoms with Gasteiger partial charge in [0.15, 0.2) is 0 Å². The highest BCUT2D eigenvalue weighted by atomic mass is 15.1. The zero-order valence-electron chi connectivity index (χ0n) is 17.5. The van der Waals surface area contributed by atoms with Crippen molar-refractivity contribution in [2.75, 3.05) is 32.5 Å². The average Bonchev–Trinajstić information content (AvgIpc) is 2.54. The van der Waals surface area contributed by atoms with Gasteiger partial charge in [0.25, 0.3) is 0 Å². The maximum Gasteiger partial charge on any atom is 0.223 e. The normalized spacial score (nSPS) is 11.8. The Hall–Kier alpha value is -1.94. The second-order valence-corrected chi connectivity index (χ2v) is 8.46. The minimum absolute atomic E-state index is 0.0200. The van der Waals surface area contributed by atoms with Crippen molar-refractivity contribution in [1.82, 2.24) is 14.9 Å². The molecule has 0 aliphatic rings. The van der Waals surface area contributed by atoms with Gasteiger partial charge in [-0.05, 0) is 52.0 Å². The number of nitrogens with zero attached hydrogens (tertiary/aromatic N) is 3. The maximum absolute atomic E-state index is 4.90. The van der Waals surface area contributed by atoms with E-state index in [0.29, 0.717) is 0 Å². The Morgan fingerprint density at radius 1 is 1.00 bits per heavy atom. The molecule has 0 radical (unpaired) electrons. The van der Waals surface area contributed by atoms with Crippen molar-refractivity contribution in [1.29, 1.82) is 0 Å². The van der Waals surface area contributed by atoms with Gasteiger partial charge in [0.2, 0.25) is 5.95 Å². The van der Waals surface area contributed by atoms with Crippen molar-refractivity contribution in [2.45, 2.75) is 52.9 Å². The fourth-order valence-corrected chi connectivity index (χ4v) is 3.01. The van der Waals surface area contributed by atoms with E-state index in [9.17, 15) is 0 Å². The predicted molar refractivity (Wildman–Crippen MR) is 111 cm³/mol. The second-order valence-electron chi connectivity index (χ2n) is 8.46. The first kappa shape index (κ1) is 20.4. The Morgan fingerprint density at radius 3 is 2.23 bits per heavy atom. The fraction of sp³-hybridized carbons (Fsp3) is 0.545. The molecule has 0 unspecified atom stereocenters. The summed E-state index contributed by atoms with van der Waals surface area (Å²) in [6.07, 6.45) is 1.95. The molecule has 26 heavy (non-hydrogen) atoms. The molecule has 0 fully saturated rings. The molecule has 0 spiro atoms. The van der Waals surface area contributed by atoms with Crippen LogP contribution in [0.15, 0.2) is 24.3 Å². The first-order valence-corrected chi connectivity index (χ1v) is 9.49. The van der Waals surface area contributed by atoms with Crippen LogP contribution in [-0.4, -0.2) is 42.1 Å². The number of anilines is 1. The lowest BCUT2D eigenvalue weighted by atomic mass is 9.86. The van der Waals surface area contributed by atoms with Crippen molar-refractivity contribution in [3.05, 3.63) is 52.3 Å². The van der Waals surface area contributed by atoms with E-state index in [1.807, 2.05) is 0 Å². The topological polar surface area (TPSA) is 41.1 Å². The molecule has 1 N–H and O–H groups in total. The Balaban J connectivity index is 2.25. The van der Waals surface area contributed by atoms with Crippen LogP contribution in [0.4, 0.5) is 5.95 Å². The summed E-state index contributed by atoms with van der Waals surface area (Å²) in [5, 5.41) is 3.40. The summed E-state index contributed by atoms with van der Waals surface area (Å²) in [6.45, 7) is 12.8. The van der Waals surface area contributed by atoms with Gasteiger partial charge in [0.1, 0.15) is 0 Å². The number of hydrogen-bond donors (Lipinski definition) is 1. The Labute approximate surface area is 159 Å². The maximum atomic E-state index is 4.90. The summed E-state index contributed by atoms with van der Waals surface area (Å²) in [4.78, 5) is 11.8. The Kier molecular flexibility index (Phi) is 6.76. The first-order valence-electron chi connectivity index (χ1n) is 9.49. The van der Waals surface area contributed by atoms with Gasteiger partial charge in [-0.1, -0.05) is 50.6 Å². The van der Waals surface area contributed by atoms with Gasteiger partial charge in [-0.3, -0.25) is 0 Å². The summed E-state index contributed by atoms with van der Waals surface area (Å²) in [6, 6.07) is 8.75. The molecule has 0 saturated heterocycles. The summed E-state index contributed by atoms with van der Waals surface area (Å²) in [5.74, 6) is 0.749. The largest absolute Gasteiger partial charge is 0.354 e. The highest BCUT2D eigenvalue weighted by Gasteiger charge is 2.23. The lowest BCUT2D eigenvalue weighted by Crippen LogP contribution is -2.21. The smallest absolute Gasteiger partial charge is 0.223 e. The van der Waals surface area contributed by atoms with Crippen molar-refractivity contribution < 1.29 is 0 Å². The van der Waals surface area contributed by atoms with Crippen LogP contribution in [0.3, 0.4) is 0 Å². The highest BCUT2D eigenvalue weighted by molar-refractivity contribution is 5.40. The van der Waals surface area contributed by atoms with Crippen LogP contribution < -0.4 is 5.32 Å². The molecule has 0 bridgehead atoms. The number of rotatable bonds is 7. The SMILES string of the molecule is Cc1ccc(Cc2c(C)nc(NCCCN(C)C)nc2C(C)(C)C)cc1. The third kappa shape index (κ3) is 5.80. The van der Waals surface area contributed by atoms with E-state index in [0.717, 1.165) is 43.3 Å². The zero-order valence-corrected chi connectivity index (χ0v) is 17.5. The third-order valence-corrected chi connectivity index (χ3v) is 4.49. The molecular formula is C22H34N4. The average molecular weight is 355 g/mol. The quantitative estimate of drug-likeness (QED) is 0.751. The molecular weight excluding hydrogens is 320 g/mol. The summed E-state index contributed by atoms with van der Waals surface area (Å²) in [5.41, 5.74) is 6.03. The van der Waals surface area contributed by atoms with Crippen LogP contribution >= 0.6 is 0 Å². The lowest BCUT2D eigenvalue weighted by Gasteiger charge is -2.24. The van der Waals surface area contributed by atoms with E-state index in [2.05, 4.69) is 83.2 Å². The van der Waals surface area contributed by atoms with E-state index in [4.69, 9.17) is 9.97 Å². The van der Waals surface area contributed by atoms with E-state index in [1.54, 1.807) is 0 Å². The molecule has 0 aliphatic heterocycles. The number of nitrogens with one attached hydrogen (secondary N) is 1. The molecule has 1 heterocycles. The lowest BCUT2D eigenvalue weighted by molar-refractivity contribution is 0.405. The fourth-order valence-electron chi connectivity index (χ4n) is 3.01. The first-order chi connectivity index (χ1) is 12.2. The van der Waals surface area contributed by atoms with Gasteiger partial charge in [-0.25, -0.2) is 9.97 Å². The molecule has 2 aromatic rings. The van der Waals surface area contributed by atoms with Gasteiger partial charge in [-0.15, -0.1) is 0 Å². The van der Waals surface area contributed by atoms with Crippen molar-refractivity contribution in [3.63, 3.8) is 0 Å². The van der Waals surface area contributed by atoms with Crippen molar-refractivity contribution in [3.8, 4) is 0 Å². The number of hydrogen-bond acceptors (Lipinski definition) is 4. The molecule has 2 rings (SSSR count). The monoisotopic (exact) mass is 354 g/mol. The van der Waals surface area contributed by atoms with Gasteiger partial charge in [0.05, 0.1) is 5.69 Å². The van der Waals surface area contributed by atoms with E-state index < -0.39 is 0 Å². The second kappa shape index (κ2) is 8.63. The van der Waals surface area contributed by atoms with Crippen LogP contribution in [0.2, 0.25) is 0 Å². The standard InChI is InChI=1S/C22H34N4/c1-16-9-11-18(12-10-16)15-19-17(2)24-21(23-13-8-14-26(6)7)25-20(19)22(3,4)5/h9-12H,8,13-15H2,1-7H3,(H,23,24,25). The Morgan fingerprint density at radius 2 is 1.65 bits per heavy atom. The van der Waals surface area contributed by atoms with Crippen molar-refractivity contribution in [2.24, 2.45) is 0 Å². The highest BCUT2D eigenvalue weighted by Crippen LogP contribution is 2.28. The molecule has 142 valence electrons. The van der Waals surface area contributed by atoms with Gasteiger partial charge >= 0.3 is 0 Å². The summed E-state index contributed by atoms with van der Waals surface area (Å²) < 4.78 is 0. The molecule has 4 nitrogen and oxygen atoms in total. The van der Waals surface area contributed by atoms with E-state index in [-0.39, 0.29) is 5.41 Å². The molecule has 1 aromatic carbocycles. The van der Waals surface area contributed by atoms with Crippen LogP contribution in [0, 0.1) is 13.8 Å². The number of aromatic nitrogens is 2. The zero-order chi connectivity index (χ0) is 19.3. The minimum atomic E-state index is -0.0200. The Bertz CT molecular complexity index is 712.